The van der Waals surface area contributed by atoms with Crippen molar-refractivity contribution in [3.8, 4) is 0 Å². The molecule has 1 amide bonds. The van der Waals surface area contributed by atoms with E-state index in [9.17, 15) is 19.8 Å². The first-order chi connectivity index (χ1) is 10.3. The second-order valence-corrected chi connectivity index (χ2v) is 4.78. The van der Waals surface area contributed by atoms with Crippen molar-refractivity contribution >= 4 is 11.9 Å². The monoisotopic (exact) mass is 319 g/mol. The van der Waals surface area contributed by atoms with E-state index >= 15 is 0 Å². The van der Waals surface area contributed by atoms with E-state index < -0.39 is 55.2 Å². The van der Waals surface area contributed by atoms with Gasteiger partial charge in [-0.1, -0.05) is 19.6 Å². The Labute approximate surface area is 127 Å². The Kier molecular flexibility index (Phi) is 6.91. The van der Waals surface area contributed by atoms with Crippen LogP contribution in [0.3, 0.4) is 0 Å². The summed E-state index contributed by atoms with van der Waals surface area (Å²) in [5.74, 6) is -1.79. The number of carbonyl (C=O) groups is 2. The maximum Gasteiger partial charge on any atom is 0.336 e. The molecule has 6 atom stereocenters. The smallest absolute Gasteiger partial charge is 0.336 e. The van der Waals surface area contributed by atoms with Crippen molar-refractivity contribution in [1.82, 2.24) is 5.32 Å². The lowest BCUT2D eigenvalue weighted by atomic mass is 9.96. The summed E-state index contributed by atoms with van der Waals surface area (Å²) in [6.07, 6.45) is -5.82. The number of carboxylic acid groups (broad SMARTS) is 1. The van der Waals surface area contributed by atoms with Crippen molar-refractivity contribution < 1.29 is 39.5 Å². The Morgan fingerprint density at radius 1 is 1.45 bits per heavy atom. The number of ether oxygens (including phenoxy) is 2. The van der Waals surface area contributed by atoms with Crippen LogP contribution in [0, 0.1) is 0 Å². The summed E-state index contributed by atoms with van der Waals surface area (Å²) in [7, 11) is 0. The van der Waals surface area contributed by atoms with Crippen LogP contribution in [0.2, 0.25) is 0 Å². The first-order valence-corrected chi connectivity index (χ1v) is 6.78. The Bertz CT molecular complexity index is 415. The predicted molar refractivity (Wildman–Crippen MR) is 72.7 cm³/mol. The maximum atomic E-state index is 11.5. The number of aliphatic hydroxyl groups excluding tert-OH is 3. The molecule has 9 heteroatoms. The number of carbonyl (C=O) groups excluding carboxylic acids is 1. The fourth-order valence-electron chi connectivity index (χ4n) is 2.07. The molecular formula is C13H21NO8. The third kappa shape index (κ3) is 4.24. The van der Waals surface area contributed by atoms with Gasteiger partial charge in [-0.15, -0.1) is 0 Å². The summed E-state index contributed by atoms with van der Waals surface area (Å²) >= 11 is 0. The van der Waals surface area contributed by atoms with Gasteiger partial charge in [0.05, 0.1) is 6.61 Å². The molecule has 0 aliphatic carbocycles. The summed E-state index contributed by atoms with van der Waals surface area (Å²) in [5, 5.41) is 40.6. The van der Waals surface area contributed by atoms with Gasteiger partial charge in [0.15, 0.2) is 12.4 Å². The number of hydrogen-bond acceptors (Lipinski definition) is 7. The molecule has 1 saturated heterocycles. The van der Waals surface area contributed by atoms with Crippen LogP contribution in [0.1, 0.15) is 13.3 Å². The Hall–Kier alpha value is -1.52. The fourth-order valence-corrected chi connectivity index (χ4v) is 2.07. The van der Waals surface area contributed by atoms with E-state index in [2.05, 4.69) is 11.9 Å². The second kappa shape index (κ2) is 8.20. The molecule has 1 rings (SSSR count). The molecule has 3 unspecified atom stereocenters. The average molecular weight is 319 g/mol. The lowest BCUT2D eigenvalue weighted by Crippen LogP contribution is -2.65. The van der Waals surface area contributed by atoms with E-state index in [1.165, 1.54) is 0 Å². The van der Waals surface area contributed by atoms with Crippen LogP contribution in [0.15, 0.2) is 12.7 Å². The van der Waals surface area contributed by atoms with Crippen LogP contribution >= 0.6 is 0 Å². The number of amides is 1. The van der Waals surface area contributed by atoms with Crippen LogP contribution in [-0.4, -0.2) is 75.7 Å². The lowest BCUT2D eigenvalue weighted by Gasteiger charge is -2.43. The molecule has 0 bridgehead atoms. The van der Waals surface area contributed by atoms with Crippen molar-refractivity contribution in [2.75, 3.05) is 6.61 Å². The summed E-state index contributed by atoms with van der Waals surface area (Å²) in [5.41, 5.74) is 0. The molecule has 0 aromatic heterocycles. The summed E-state index contributed by atoms with van der Waals surface area (Å²) in [6, 6.07) is -1.19. The van der Waals surface area contributed by atoms with Crippen molar-refractivity contribution in [2.45, 2.75) is 50.1 Å². The Morgan fingerprint density at radius 3 is 2.55 bits per heavy atom. The minimum atomic E-state index is -1.57. The minimum Gasteiger partial charge on any atom is -0.479 e. The fraction of sp³-hybridized carbons (Fsp3) is 0.692. The van der Waals surface area contributed by atoms with Crippen molar-refractivity contribution in [2.24, 2.45) is 0 Å². The van der Waals surface area contributed by atoms with Crippen LogP contribution in [-0.2, 0) is 19.1 Å². The molecular weight excluding hydrogens is 298 g/mol. The van der Waals surface area contributed by atoms with Gasteiger partial charge in [-0.3, -0.25) is 4.79 Å². The van der Waals surface area contributed by atoms with Crippen molar-refractivity contribution in [3.63, 3.8) is 0 Å². The highest BCUT2D eigenvalue weighted by molar-refractivity contribution is 5.76. The molecule has 0 aromatic carbocycles. The van der Waals surface area contributed by atoms with Crippen LogP contribution in [0.4, 0.5) is 0 Å². The molecule has 1 aliphatic rings. The number of nitrogens with one attached hydrogen (secondary N) is 1. The van der Waals surface area contributed by atoms with Gasteiger partial charge in [-0.05, 0) is 0 Å². The zero-order valence-corrected chi connectivity index (χ0v) is 12.1. The zero-order valence-electron chi connectivity index (χ0n) is 12.1. The predicted octanol–water partition coefficient (Wildman–Crippen LogP) is -2.02. The highest BCUT2D eigenvalue weighted by atomic mass is 16.6. The summed E-state index contributed by atoms with van der Waals surface area (Å²) < 4.78 is 10.2. The zero-order chi connectivity index (χ0) is 16.9. The van der Waals surface area contributed by atoms with Gasteiger partial charge >= 0.3 is 5.97 Å². The van der Waals surface area contributed by atoms with Crippen molar-refractivity contribution in [1.29, 1.82) is 0 Å². The molecule has 1 fully saturated rings. The normalized spacial score (nSPS) is 33.0. The number of hydrogen-bond donors (Lipinski definition) is 5. The first-order valence-electron chi connectivity index (χ1n) is 6.78. The molecule has 0 radical (unpaired) electrons. The quantitative estimate of drug-likeness (QED) is 0.338. The van der Waals surface area contributed by atoms with Gasteiger partial charge in [-0.2, -0.15) is 0 Å². The summed E-state index contributed by atoms with van der Waals surface area (Å²) in [4.78, 5) is 22.5. The van der Waals surface area contributed by atoms with Crippen LogP contribution < -0.4 is 5.32 Å². The van der Waals surface area contributed by atoms with Crippen LogP contribution in [0.25, 0.3) is 0 Å². The number of rotatable bonds is 7. The SMILES string of the molecule is C=C[C@@H](OC1C(NC(=O)CC)[C@H](O)OC(CO)[C@H]1O)C(=O)O. The van der Waals surface area contributed by atoms with Gasteiger partial charge in [0.2, 0.25) is 5.91 Å². The molecule has 22 heavy (non-hydrogen) atoms. The third-order valence-electron chi connectivity index (χ3n) is 3.28. The van der Waals surface area contributed by atoms with Crippen LogP contribution in [0.5, 0.6) is 0 Å². The minimum absolute atomic E-state index is 0.110. The molecule has 9 nitrogen and oxygen atoms in total. The Balaban J connectivity index is 3.00. The van der Waals surface area contributed by atoms with E-state index in [4.69, 9.17) is 19.7 Å². The largest absolute Gasteiger partial charge is 0.479 e. The number of aliphatic hydroxyl groups is 3. The van der Waals surface area contributed by atoms with E-state index in [1.54, 1.807) is 6.92 Å². The third-order valence-corrected chi connectivity index (χ3v) is 3.28. The second-order valence-electron chi connectivity index (χ2n) is 4.78. The highest BCUT2D eigenvalue weighted by Crippen LogP contribution is 2.24. The maximum absolute atomic E-state index is 11.5. The van der Waals surface area contributed by atoms with Gasteiger partial charge < -0.3 is 35.2 Å². The molecule has 0 aromatic rings. The molecule has 1 heterocycles. The topological polar surface area (TPSA) is 146 Å². The van der Waals surface area contributed by atoms with E-state index in [0.29, 0.717) is 0 Å². The molecule has 5 N–H and O–H groups in total. The average Bonchev–Trinajstić information content (AvgIpc) is 2.49. The first kappa shape index (κ1) is 18.5. The Morgan fingerprint density at radius 2 is 2.09 bits per heavy atom. The van der Waals surface area contributed by atoms with Crippen molar-refractivity contribution in [3.05, 3.63) is 12.7 Å². The molecule has 126 valence electrons. The molecule has 0 spiro atoms. The van der Waals surface area contributed by atoms with E-state index in [1.807, 2.05) is 0 Å². The van der Waals surface area contributed by atoms with E-state index in [0.717, 1.165) is 6.08 Å². The molecule has 0 saturated carbocycles. The van der Waals surface area contributed by atoms with Gasteiger partial charge in [-0.25, -0.2) is 4.79 Å². The highest BCUT2D eigenvalue weighted by Gasteiger charge is 2.47. The van der Waals surface area contributed by atoms with E-state index in [-0.39, 0.29) is 6.42 Å². The molecule has 1 aliphatic heterocycles. The van der Waals surface area contributed by atoms with Gasteiger partial charge in [0, 0.05) is 6.42 Å². The standard InChI is InChI=1S/C13H21NO8/c1-3-6(12(18)19)21-11-9(14-8(16)4-2)13(20)22-7(5-15)10(11)17/h3,6-7,9-11,13,15,17,20H,1,4-5H2,2H3,(H,14,16)(H,18,19)/t6-,7?,9?,10-,11?,13-/m1/s1. The van der Waals surface area contributed by atoms with Gasteiger partial charge in [0.25, 0.3) is 0 Å². The summed E-state index contributed by atoms with van der Waals surface area (Å²) in [6.45, 7) is 4.28. The lowest BCUT2D eigenvalue weighted by molar-refractivity contribution is -0.266. The number of carboxylic acids is 1. The number of aliphatic carboxylic acids is 1. The van der Waals surface area contributed by atoms with Gasteiger partial charge in [0.1, 0.15) is 24.4 Å².